The van der Waals surface area contributed by atoms with E-state index >= 15 is 0 Å². The molecular formula is C19H21F3N4O3S. The number of carbonyl (C=O) groups excluding carboxylic acids is 2. The molecule has 1 aliphatic heterocycles. The molecule has 2 heterocycles. The second-order valence-electron chi connectivity index (χ2n) is 6.68. The number of carbonyl (C=O) groups is 2. The maximum atomic E-state index is 13.1. The Morgan fingerprint density at radius 1 is 1.23 bits per heavy atom. The maximum absolute atomic E-state index is 13.1. The number of alkyl halides is 3. The van der Waals surface area contributed by atoms with Gasteiger partial charge in [-0.15, -0.1) is 0 Å². The molecule has 162 valence electrons. The zero-order valence-electron chi connectivity index (χ0n) is 16.2. The number of aromatic nitrogens is 2. The second-order valence-corrected chi connectivity index (χ2v) is 7.65. The van der Waals surface area contributed by atoms with Crippen LogP contribution in [0.2, 0.25) is 0 Å². The second kappa shape index (κ2) is 9.50. The summed E-state index contributed by atoms with van der Waals surface area (Å²) in [5, 5.41) is 3.44. The first-order chi connectivity index (χ1) is 14.3. The van der Waals surface area contributed by atoms with Gasteiger partial charge >= 0.3 is 12.3 Å². The lowest BCUT2D eigenvalue weighted by atomic mass is 10.1. The molecule has 1 fully saturated rings. The molecule has 0 aliphatic carbocycles. The highest BCUT2D eigenvalue weighted by atomic mass is 32.2. The van der Waals surface area contributed by atoms with Crippen LogP contribution in [0.4, 0.5) is 18.0 Å². The number of hydrogen-bond donors (Lipinski definition) is 1. The first-order valence-electron chi connectivity index (χ1n) is 9.45. The predicted molar refractivity (Wildman–Crippen MR) is 105 cm³/mol. The minimum absolute atomic E-state index is 0.0730. The van der Waals surface area contributed by atoms with Crippen LogP contribution in [0, 0.1) is 0 Å². The van der Waals surface area contributed by atoms with Gasteiger partial charge in [0.15, 0.2) is 0 Å². The lowest BCUT2D eigenvalue weighted by Crippen LogP contribution is -2.47. The largest absolute Gasteiger partial charge is 0.451 e. The molecule has 1 aromatic carbocycles. The van der Waals surface area contributed by atoms with Gasteiger partial charge in [0, 0.05) is 24.5 Å². The number of piperidine rings is 1. The summed E-state index contributed by atoms with van der Waals surface area (Å²) in [6, 6.07) is 6.28. The van der Waals surface area contributed by atoms with E-state index in [0.29, 0.717) is 37.9 Å². The summed E-state index contributed by atoms with van der Waals surface area (Å²) in [5.74, 6) is -1.60. The van der Waals surface area contributed by atoms with Crippen LogP contribution in [-0.4, -0.2) is 58.4 Å². The van der Waals surface area contributed by atoms with Gasteiger partial charge < -0.3 is 15.0 Å². The number of rotatable bonds is 5. The van der Waals surface area contributed by atoms with Gasteiger partial charge in [-0.2, -0.15) is 13.2 Å². The van der Waals surface area contributed by atoms with Gasteiger partial charge in [-0.25, -0.2) is 14.8 Å². The van der Waals surface area contributed by atoms with Crippen molar-refractivity contribution in [2.75, 3.05) is 25.4 Å². The first kappa shape index (κ1) is 22.1. The van der Waals surface area contributed by atoms with Crippen molar-refractivity contribution in [1.82, 2.24) is 20.2 Å². The Hall–Kier alpha value is -2.56. The molecule has 0 bridgehead atoms. The first-order valence-corrected chi connectivity index (χ1v) is 10.4. The number of benzene rings is 1. The van der Waals surface area contributed by atoms with E-state index in [-0.39, 0.29) is 34.3 Å². The summed E-state index contributed by atoms with van der Waals surface area (Å²) in [7, 11) is 0. The Balaban J connectivity index is 1.59. The summed E-state index contributed by atoms with van der Waals surface area (Å²) in [6.45, 7) is 2.99. The maximum Gasteiger partial charge on any atom is 0.451 e. The van der Waals surface area contributed by atoms with Crippen molar-refractivity contribution in [2.24, 2.45) is 0 Å². The van der Waals surface area contributed by atoms with Gasteiger partial charge in [0.05, 0.1) is 17.9 Å². The van der Waals surface area contributed by atoms with E-state index in [1.54, 1.807) is 30.0 Å². The van der Waals surface area contributed by atoms with E-state index in [2.05, 4.69) is 15.3 Å². The fourth-order valence-corrected chi connectivity index (χ4v) is 3.94. The zero-order chi connectivity index (χ0) is 21.7. The van der Waals surface area contributed by atoms with Crippen molar-refractivity contribution in [3.05, 3.63) is 30.1 Å². The number of hydrogen-bond acceptors (Lipinski definition) is 6. The Kier molecular flexibility index (Phi) is 7.01. The molecular weight excluding hydrogens is 421 g/mol. The highest BCUT2D eigenvalue weighted by molar-refractivity contribution is 8.00. The number of nitrogens with one attached hydrogen (secondary N) is 1. The number of nitrogens with zero attached hydrogens (tertiary/aromatic N) is 3. The Morgan fingerprint density at radius 3 is 2.60 bits per heavy atom. The average Bonchev–Trinajstić information content (AvgIpc) is 2.72. The quantitative estimate of drug-likeness (QED) is 0.564. The van der Waals surface area contributed by atoms with Gasteiger partial charge in [0.1, 0.15) is 5.03 Å². The Labute approximate surface area is 175 Å². The fraction of sp³-hybridized carbons (Fsp3) is 0.474. The van der Waals surface area contributed by atoms with Crippen LogP contribution >= 0.6 is 11.8 Å². The number of para-hydroxylation sites is 1. The van der Waals surface area contributed by atoms with E-state index in [9.17, 15) is 22.8 Å². The Morgan fingerprint density at radius 2 is 1.93 bits per heavy atom. The highest BCUT2D eigenvalue weighted by Crippen LogP contribution is 2.32. The Bertz CT molecular complexity index is 918. The summed E-state index contributed by atoms with van der Waals surface area (Å²) in [5.41, 5.74) is 0.175. The van der Waals surface area contributed by atoms with Gasteiger partial charge in [0.25, 0.3) is 0 Å². The lowest BCUT2D eigenvalue weighted by molar-refractivity contribution is -0.145. The van der Waals surface area contributed by atoms with Crippen LogP contribution < -0.4 is 5.32 Å². The van der Waals surface area contributed by atoms with E-state index in [0.717, 1.165) is 11.8 Å². The van der Waals surface area contributed by atoms with Gasteiger partial charge in [-0.3, -0.25) is 4.79 Å². The number of ether oxygens (including phenoxy) is 1. The molecule has 0 radical (unpaired) electrons. The van der Waals surface area contributed by atoms with Crippen LogP contribution in [0.5, 0.6) is 0 Å². The van der Waals surface area contributed by atoms with Gasteiger partial charge in [0.2, 0.25) is 11.7 Å². The molecule has 0 unspecified atom stereocenters. The fourth-order valence-electron chi connectivity index (χ4n) is 3.11. The molecule has 2 aromatic rings. The molecule has 1 aliphatic rings. The van der Waals surface area contributed by atoms with E-state index in [1.165, 1.54) is 6.07 Å². The molecule has 1 saturated heterocycles. The van der Waals surface area contributed by atoms with E-state index in [1.807, 2.05) is 0 Å². The monoisotopic (exact) mass is 442 g/mol. The lowest BCUT2D eigenvalue weighted by Gasteiger charge is -2.31. The zero-order valence-corrected chi connectivity index (χ0v) is 17.1. The molecule has 3 rings (SSSR count). The topological polar surface area (TPSA) is 84.4 Å². The van der Waals surface area contributed by atoms with Crippen molar-refractivity contribution >= 4 is 34.7 Å². The van der Waals surface area contributed by atoms with Crippen LogP contribution in [0.15, 0.2) is 29.3 Å². The molecule has 0 atom stereocenters. The number of likely N-dealkylation sites (tertiary alicyclic amines) is 1. The smallest absolute Gasteiger partial charge is 0.450 e. The van der Waals surface area contributed by atoms with Crippen LogP contribution in [0.1, 0.15) is 25.6 Å². The predicted octanol–water partition coefficient (Wildman–Crippen LogP) is 3.48. The van der Waals surface area contributed by atoms with Crippen molar-refractivity contribution in [3.63, 3.8) is 0 Å². The molecule has 1 aromatic heterocycles. The average molecular weight is 442 g/mol. The SMILES string of the molecule is CCOC(=O)N1CCC(NC(=O)CSc2nc(C(F)(F)F)nc3ccccc23)CC1. The molecule has 30 heavy (non-hydrogen) atoms. The third-order valence-corrected chi connectivity index (χ3v) is 5.54. The minimum Gasteiger partial charge on any atom is -0.450 e. The van der Waals surface area contributed by atoms with E-state index in [4.69, 9.17) is 4.74 Å². The van der Waals surface area contributed by atoms with Crippen molar-refractivity contribution < 1.29 is 27.5 Å². The highest BCUT2D eigenvalue weighted by Gasteiger charge is 2.35. The van der Waals surface area contributed by atoms with Gasteiger partial charge in [-0.05, 0) is 25.8 Å². The van der Waals surface area contributed by atoms with Crippen LogP contribution in [-0.2, 0) is 15.7 Å². The van der Waals surface area contributed by atoms with Crippen molar-refractivity contribution in [1.29, 1.82) is 0 Å². The third-order valence-electron chi connectivity index (χ3n) is 4.55. The third kappa shape index (κ3) is 5.53. The minimum atomic E-state index is -4.67. The molecule has 11 heteroatoms. The van der Waals surface area contributed by atoms with E-state index < -0.39 is 12.0 Å². The molecule has 0 saturated carbocycles. The summed E-state index contributed by atoms with van der Waals surface area (Å²) in [6.07, 6.45) is -3.86. The number of fused-ring (bicyclic) bond motifs is 1. The standard InChI is InChI=1S/C19H21F3N4O3S/c1-2-29-18(28)26-9-7-12(8-10-26)23-15(27)11-30-16-13-5-3-4-6-14(13)24-17(25-16)19(20,21)22/h3-6,12H,2,7-11H2,1H3,(H,23,27). The van der Waals surface area contributed by atoms with Gasteiger partial charge in [-0.1, -0.05) is 30.0 Å². The number of thioether (sulfide) groups is 1. The van der Waals surface area contributed by atoms with Crippen LogP contribution in [0.3, 0.4) is 0 Å². The summed E-state index contributed by atoms with van der Waals surface area (Å²) in [4.78, 5) is 32.8. The molecule has 2 amide bonds. The molecule has 1 N–H and O–H groups in total. The van der Waals surface area contributed by atoms with Crippen molar-refractivity contribution in [3.8, 4) is 0 Å². The van der Waals surface area contributed by atoms with Crippen molar-refractivity contribution in [2.45, 2.75) is 37.0 Å². The number of halogens is 3. The molecule has 7 nitrogen and oxygen atoms in total. The number of amides is 2. The molecule has 0 spiro atoms. The van der Waals surface area contributed by atoms with Crippen LogP contribution in [0.25, 0.3) is 10.9 Å². The normalized spacial score (nSPS) is 15.3. The summed E-state index contributed by atoms with van der Waals surface area (Å²) < 4.78 is 44.2. The summed E-state index contributed by atoms with van der Waals surface area (Å²) >= 11 is 0.941.